The molecular weight excluding hydrogens is 276 g/mol. The van der Waals surface area contributed by atoms with E-state index in [1.54, 1.807) is 7.05 Å². The number of carboxylic acid groups (broad SMARTS) is 1. The van der Waals surface area contributed by atoms with Crippen molar-refractivity contribution in [2.75, 3.05) is 20.7 Å². The van der Waals surface area contributed by atoms with Crippen LogP contribution < -0.4 is 5.32 Å². The Bertz CT molecular complexity index is 386. The van der Waals surface area contributed by atoms with Gasteiger partial charge in [0.15, 0.2) is 0 Å². The first-order chi connectivity index (χ1) is 9.95. The van der Waals surface area contributed by atoms with Crippen molar-refractivity contribution in [1.82, 2.24) is 10.2 Å². The highest BCUT2D eigenvalue weighted by Crippen LogP contribution is 2.24. The summed E-state index contributed by atoms with van der Waals surface area (Å²) in [6, 6.07) is -0.607. The van der Waals surface area contributed by atoms with Gasteiger partial charge in [0.2, 0.25) is 0 Å². The predicted octanol–water partition coefficient (Wildman–Crippen LogP) is 1.22. The molecule has 0 bridgehead atoms. The van der Waals surface area contributed by atoms with Crippen molar-refractivity contribution < 1.29 is 24.2 Å². The van der Waals surface area contributed by atoms with E-state index in [2.05, 4.69) is 10.1 Å². The minimum Gasteiger partial charge on any atom is -0.481 e. The fourth-order valence-electron chi connectivity index (χ4n) is 2.53. The molecule has 120 valence electrons. The van der Waals surface area contributed by atoms with Crippen molar-refractivity contribution in [2.45, 2.75) is 44.6 Å². The van der Waals surface area contributed by atoms with Crippen LogP contribution in [0.5, 0.6) is 0 Å². The second kappa shape index (κ2) is 8.49. The summed E-state index contributed by atoms with van der Waals surface area (Å²) in [6.07, 6.45) is 3.89. The van der Waals surface area contributed by atoms with E-state index in [1.165, 1.54) is 12.0 Å². The van der Waals surface area contributed by atoms with Crippen LogP contribution in [0.3, 0.4) is 0 Å². The summed E-state index contributed by atoms with van der Waals surface area (Å²) in [5.41, 5.74) is 0. The number of carbonyl (C=O) groups is 3. The summed E-state index contributed by atoms with van der Waals surface area (Å²) in [7, 11) is 2.96. The molecule has 1 aliphatic carbocycles. The smallest absolute Gasteiger partial charge is 0.317 e. The Morgan fingerprint density at radius 2 is 1.95 bits per heavy atom. The fourth-order valence-corrected chi connectivity index (χ4v) is 2.53. The Balaban J connectivity index is 2.39. The van der Waals surface area contributed by atoms with Crippen molar-refractivity contribution in [2.24, 2.45) is 5.92 Å². The van der Waals surface area contributed by atoms with Crippen LogP contribution in [-0.2, 0) is 14.3 Å². The van der Waals surface area contributed by atoms with E-state index >= 15 is 0 Å². The van der Waals surface area contributed by atoms with Crippen molar-refractivity contribution in [3.63, 3.8) is 0 Å². The van der Waals surface area contributed by atoms with E-state index in [0.717, 1.165) is 12.8 Å². The molecule has 0 aliphatic heterocycles. The zero-order valence-electron chi connectivity index (χ0n) is 12.6. The van der Waals surface area contributed by atoms with Gasteiger partial charge in [-0.25, -0.2) is 4.79 Å². The molecule has 2 unspecified atom stereocenters. The molecule has 2 amide bonds. The van der Waals surface area contributed by atoms with Crippen LogP contribution in [0.2, 0.25) is 0 Å². The van der Waals surface area contributed by atoms with E-state index in [0.29, 0.717) is 25.8 Å². The molecule has 0 aromatic heterocycles. The lowest BCUT2D eigenvalue weighted by molar-refractivity contribution is -0.144. The van der Waals surface area contributed by atoms with Gasteiger partial charge in [-0.05, 0) is 19.3 Å². The third-order valence-electron chi connectivity index (χ3n) is 3.84. The molecule has 2 N–H and O–H groups in total. The van der Waals surface area contributed by atoms with Gasteiger partial charge in [-0.15, -0.1) is 0 Å². The maximum absolute atomic E-state index is 12.0. The van der Waals surface area contributed by atoms with E-state index in [1.807, 2.05) is 0 Å². The summed E-state index contributed by atoms with van der Waals surface area (Å²) in [4.78, 5) is 35.7. The molecule has 21 heavy (non-hydrogen) atoms. The minimum absolute atomic E-state index is 0.259. The molecule has 0 aromatic rings. The maximum atomic E-state index is 12.0. The van der Waals surface area contributed by atoms with Gasteiger partial charge >= 0.3 is 18.0 Å². The summed E-state index contributed by atoms with van der Waals surface area (Å²) in [6.45, 7) is 0.422. The SMILES string of the molecule is COC(=O)CCCN(C)C(=O)NC1CCCCC1C(=O)O. The highest BCUT2D eigenvalue weighted by Gasteiger charge is 2.32. The lowest BCUT2D eigenvalue weighted by Crippen LogP contribution is -2.49. The first-order valence-corrected chi connectivity index (χ1v) is 7.27. The number of hydrogen-bond donors (Lipinski definition) is 2. The van der Waals surface area contributed by atoms with Gasteiger partial charge in [0, 0.05) is 26.1 Å². The number of ether oxygens (including phenoxy) is 1. The molecule has 1 fully saturated rings. The average Bonchev–Trinajstić information content (AvgIpc) is 2.47. The van der Waals surface area contributed by atoms with Gasteiger partial charge in [-0.3, -0.25) is 9.59 Å². The second-order valence-corrected chi connectivity index (χ2v) is 5.39. The van der Waals surface area contributed by atoms with Crippen LogP contribution in [0, 0.1) is 5.92 Å². The summed E-state index contributed by atoms with van der Waals surface area (Å²) in [5, 5.41) is 12.0. The Morgan fingerprint density at radius 1 is 1.29 bits per heavy atom. The van der Waals surface area contributed by atoms with Gasteiger partial charge in [0.1, 0.15) is 0 Å². The third kappa shape index (κ3) is 5.61. The lowest BCUT2D eigenvalue weighted by Gasteiger charge is -2.31. The molecule has 1 aliphatic rings. The number of hydrogen-bond acceptors (Lipinski definition) is 4. The van der Waals surface area contributed by atoms with E-state index < -0.39 is 11.9 Å². The van der Waals surface area contributed by atoms with Crippen LogP contribution in [-0.4, -0.2) is 54.7 Å². The number of carboxylic acids is 1. The molecule has 7 nitrogen and oxygen atoms in total. The maximum Gasteiger partial charge on any atom is 0.317 e. The molecule has 0 aromatic carbocycles. The van der Waals surface area contributed by atoms with Crippen molar-refractivity contribution >= 4 is 18.0 Å². The average molecular weight is 300 g/mol. The van der Waals surface area contributed by atoms with Crippen LogP contribution in [0.4, 0.5) is 4.79 Å². The van der Waals surface area contributed by atoms with Crippen LogP contribution >= 0.6 is 0 Å². The van der Waals surface area contributed by atoms with E-state index in [-0.39, 0.29) is 24.5 Å². The van der Waals surface area contributed by atoms with Gasteiger partial charge in [-0.2, -0.15) is 0 Å². The standard InChI is InChI=1S/C14H24N2O5/c1-16(9-5-8-12(17)21-2)14(20)15-11-7-4-3-6-10(11)13(18)19/h10-11H,3-9H2,1-2H3,(H,15,20)(H,18,19). The number of amides is 2. The molecule has 0 saturated heterocycles. The first-order valence-electron chi connectivity index (χ1n) is 7.27. The Labute approximate surface area is 124 Å². The van der Waals surface area contributed by atoms with Crippen molar-refractivity contribution in [1.29, 1.82) is 0 Å². The number of aliphatic carboxylic acids is 1. The monoisotopic (exact) mass is 300 g/mol. The van der Waals surface area contributed by atoms with Gasteiger partial charge in [0.05, 0.1) is 13.0 Å². The lowest BCUT2D eigenvalue weighted by atomic mass is 9.84. The Hall–Kier alpha value is -1.79. The number of methoxy groups -OCH3 is 1. The predicted molar refractivity (Wildman–Crippen MR) is 75.8 cm³/mol. The molecular formula is C14H24N2O5. The highest BCUT2D eigenvalue weighted by atomic mass is 16.5. The highest BCUT2D eigenvalue weighted by molar-refractivity contribution is 5.77. The summed E-state index contributed by atoms with van der Waals surface area (Å²) >= 11 is 0. The quantitative estimate of drug-likeness (QED) is 0.719. The van der Waals surface area contributed by atoms with Gasteiger partial charge < -0.3 is 20.1 Å². The van der Waals surface area contributed by atoms with Crippen LogP contribution in [0.1, 0.15) is 38.5 Å². The van der Waals surface area contributed by atoms with Gasteiger partial charge in [-0.1, -0.05) is 12.8 Å². The summed E-state index contributed by atoms with van der Waals surface area (Å²) in [5.74, 6) is -1.67. The molecule has 1 rings (SSSR count). The molecule has 7 heteroatoms. The first kappa shape index (κ1) is 17.3. The normalized spacial score (nSPS) is 21.4. The topological polar surface area (TPSA) is 95.9 Å². The van der Waals surface area contributed by atoms with Crippen LogP contribution in [0.15, 0.2) is 0 Å². The number of esters is 1. The van der Waals surface area contributed by atoms with Gasteiger partial charge in [0.25, 0.3) is 0 Å². The molecule has 2 atom stereocenters. The number of carbonyl (C=O) groups excluding carboxylic acids is 2. The molecule has 0 heterocycles. The zero-order chi connectivity index (χ0) is 15.8. The molecule has 0 radical (unpaired) electrons. The zero-order valence-corrected chi connectivity index (χ0v) is 12.6. The largest absolute Gasteiger partial charge is 0.481 e. The second-order valence-electron chi connectivity index (χ2n) is 5.39. The fraction of sp³-hybridized carbons (Fsp3) is 0.786. The van der Waals surface area contributed by atoms with Crippen molar-refractivity contribution in [3.05, 3.63) is 0 Å². The molecule has 0 spiro atoms. The number of urea groups is 1. The minimum atomic E-state index is -0.853. The number of nitrogens with zero attached hydrogens (tertiary/aromatic N) is 1. The van der Waals surface area contributed by atoms with Crippen LogP contribution in [0.25, 0.3) is 0 Å². The summed E-state index contributed by atoms with van der Waals surface area (Å²) < 4.78 is 4.53. The van der Waals surface area contributed by atoms with E-state index in [4.69, 9.17) is 0 Å². The Morgan fingerprint density at radius 3 is 2.57 bits per heavy atom. The number of nitrogens with one attached hydrogen (secondary N) is 1. The third-order valence-corrected chi connectivity index (χ3v) is 3.84. The molecule has 1 saturated carbocycles. The number of rotatable bonds is 6. The van der Waals surface area contributed by atoms with E-state index in [9.17, 15) is 19.5 Å². The van der Waals surface area contributed by atoms with Crippen molar-refractivity contribution in [3.8, 4) is 0 Å². The Kier molecular flexibility index (Phi) is 6.98.